The third-order valence-corrected chi connectivity index (χ3v) is 14.6. The summed E-state index contributed by atoms with van der Waals surface area (Å²) in [5.41, 5.74) is 5.40. The fourth-order valence-corrected chi connectivity index (χ4v) is 9.41. The zero-order chi connectivity index (χ0) is 64.4. The molecule has 0 radical (unpaired) electrons. The van der Waals surface area contributed by atoms with Crippen molar-refractivity contribution in [3.8, 4) is 0 Å². The molecule has 2 atom stereocenters. The number of unbranched alkanes of at least 4 members (excludes halogenated alkanes) is 15. The smallest absolute Gasteiger partial charge is 0.462 e. The first-order valence-corrected chi connectivity index (χ1v) is 36.1. The summed E-state index contributed by atoms with van der Waals surface area (Å²) in [5.74, 6) is -0.883. The Balaban J connectivity index is 4.04. The molecule has 2 unspecified atom stereocenters. The highest BCUT2D eigenvalue weighted by molar-refractivity contribution is 7.47. The van der Waals surface area contributed by atoms with Gasteiger partial charge in [0.1, 0.15) is 6.61 Å². The van der Waals surface area contributed by atoms with Crippen LogP contribution in [0.25, 0.3) is 0 Å². The number of nitrogens with two attached hydrogens (primary N) is 1. The summed E-state index contributed by atoms with van der Waals surface area (Å²) in [7, 11) is -4.42. The van der Waals surface area contributed by atoms with Crippen LogP contribution < -0.4 is 5.73 Å². The first-order chi connectivity index (χ1) is 43.8. The summed E-state index contributed by atoms with van der Waals surface area (Å²) >= 11 is 0. The quantitative estimate of drug-likeness (QED) is 0.0264. The normalized spacial score (nSPS) is 14.2. The van der Waals surface area contributed by atoms with Gasteiger partial charge < -0.3 is 20.1 Å². The summed E-state index contributed by atoms with van der Waals surface area (Å²) in [4.78, 5) is 35.3. The lowest BCUT2D eigenvalue weighted by Crippen LogP contribution is -2.29. The van der Waals surface area contributed by atoms with Gasteiger partial charge in [0.2, 0.25) is 0 Å². The van der Waals surface area contributed by atoms with E-state index in [0.29, 0.717) is 12.8 Å². The highest BCUT2D eigenvalue weighted by Crippen LogP contribution is 2.43. The number of phosphoric ester groups is 1. The second-order valence-corrected chi connectivity index (χ2v) is 23.4. The Bertz CT molecular complexity index is 2210. The monoisotopic (exact) mass is 1250 g/mol. The fraction of sp³-hybridized carbons (Fsp3) is 0.544. The summed E-state index contributed by atoms with van der Waals surface area (Å²) < 4.78 is 33.1. The number of allylic oxidation sites excluding steroid dienone is 34. The summed E-state index contributed by atoms with van der Waals surface area (Å²) in [6, 6.07) is 0. The van der Waals surface area contributed by atoms with Gasteiger partial charge in [-0.25, -0.2) is 4.57 Å². The van der Waals surface area contributed by atoms with E-state index < -0.39 is 32.5 Å². The van der Waals surface area contributed by atoms with E-state index in [2.05, 4.69) is 220 Å². The predicted molar refractivity (Wildman–Crippen MR) is 385 cm³/mol. The Morgan fingerprint density at radius 1 is 0.337 bits per heavy atom. The summed E-state index contributed by atoms with van der Waals surface area (Å²) in [6.45, 7) is 3.45. The molecule has 0 heterocycles. The molecule has 0 aromatic rings. The molecule has 0 bridgehead atoms. The lowest BCUT2D eigenvalue weighted by atomic mass is 10.0. The van der Waals surface area contributed by atoms with E-state index in [1.54, 1.807) is 0 Å². The van der Waals surface area contributed by atoms with Gasteiger partial charge in [0, 0.05) is 19.4 Å². The first kappa shape index (κ1) is 83.6. The van der Waals surface area contributed by atoms with Crippen LogP contribution >= 0.6 is 7.82 Å². The zero-order valence-electron chi connectivity index (χ0n) is 55.8. The maximum absolute atomic E-state index is 12.7. The second kappa shape index (κ2) is 71.7. The standard InChI is InChI=1S/C79H124NO8P/c1-3-5-7-9-11-13-15-17-19-21-23-25-27-29-31-33-35-36-37-38-39-40-42-43-45-47-49-51-53-55-57-59-61-63-65-67-69-71-78(81)85-75-77(76-87-89(83,84)86-74-73-80)88-79(82)72-70-68-66-64-62-60-58-56-54-52-50-48-46-44-41-34-32-30-28-26-24-22-20-18-16-14-12-10-8-6-4-2/h5-8,11-14,17-20,23-26,29-32,35-36,38-39,41-44,48,50,54,56,60,62,77H,3-4,9-10,15-16,21-22,27-28,33-34,37,40,45-47,49,51-53,55,57-59,61,63-76,80H2,1-2H3,(H,83,84)/b7-5-,8-6-,13-11-,14-12-,19-17-,20-18-,25-23-,26-24-,31-29-,32-30-,36-35-,39-38-,43-42-,44-41-,50-48-,56-54-,62-60-. The third-order valence-electron chi connectivity index (χ3n) is 13.7. The van der Waals surface area contributed by atoms with E-state index in [1.165, 1.54) is 51.4 Å². The van der Waals surface area contributed by atoms with Crippen LogP contribution in [0.5, 0.6) is 0 Å². The maximum atomic E-state index is 12.7. The fourth-order valence-electron chi connectivity index (χ4n) is 8.64. The molecule has 89 heavy (non-hydrogen) atoms. The molecule has 0 saturated carbocycles. The van der Waals surface area contributed by atoms with E-state index in [-0.39, 0.29) is 32.6 Å². The van der Waals surface area contributed by atoms with Crippen LogP contribution in [0.3, 0.4) is 0 Å². The van der Waals surface area contributed by atoms with E-state index in [0.717, 1.165) is 154 Å². The SMILES string of the molecule is CC/C=C\C/C=C\C/C=C\C/C=C\C/C=C\C/C=C\C/C=C\C/C=C\C/C=C\CCCCCC(=O)OC(COC(=O)CCCCCCCCCCCCCC/C=C\C/C=C\C/C=C\C/C=C\C/C=C\C/C=C\C/C=C\C/C=C\CC)COP(=O)(O)OCCN. The average molecular weight is 1250 g/mol. The minimum Gasteiger partial charge on any atom is -0.462 e. The molecule has 0 rings (SSSR count). The van der Waals surface area contributed by atoms with Crippen molar-refractivity contribution in [2.24, 2.45) is 5.73 Å². The number of ether oxygens (including phenoxy) is 2. The summed E-state index contributed by atoms with van der Waals surface area (Å²) in [5, 5.41) is 0. The lowest BCUT2D eigenvalue weighted by Gasteiger charge is -2.19. The van der Waals surface area contributed by atoms with Crippen LogP contribution in [0.15, 0.2) is 207 Å². The molecule has 0 aliphatic rings. The molecule has 0 aliphatic heterocycles. The van der Waals surface area contributed by atoms with Gasteiger partial charge in [0.25, 0.3) is 0 Å². The number of hydrogen-bond donors (Lipinski definition) is 2. The number of rotatable bonds is 62. The van der Waals surface area contributed by atoms with Gasteiger partial charge in [-0.3, -0.25) is 18.6 Å². The van der Waals surface area contributed by atoms with E-state index in [9.17, 15) is 19.0 Å². The number of esters is 2. The Morgan fingerprint density at radius 3 is 0.876 bits per heavy atom. The predicted octanol–water partition coefficient (Wildman–Crippen LogP) is 23.1. The van der Waals surface area contributed by atoms with Crippen molar-refractivity contribution in [3.05, 3.63) is 207 Å². The Kier molecular flexibility index (Phi) is 67.3. The lowest BCUT2D eigenvalue weighted by molar-refractivity contribution is -0.161. The molecule has 498 valence electrons. The van der Waals surface area contributed by atoms with E-state index in [4.69, 9.17) is 24.3 Å². The average Bonchev–Trinajstić information content (AvgIpc) is 3.68. The number of carbonyl (C=O) groups is 2. The van der Waals surface area contributed by atoms with E-state index >= 15 is 0 Å². The van der Waals surface area contributed by atoms with Gasteiger partial charge >= 0.3 is 19.8 Å². The third kappa shape index (κ3) is 71.5. The van der Waals surface area contributed by atoms with Crippen molar-refractivity contribution in [2.45, 2.75) is 251 Å². The van der Waals surface area contributed by atoms with Crippen LogP contribution in [-0.4, -0.2) is 49.3 Å². The molecule has 0 fully saturated rings. The Morgan fingerprint density at radius 2 is 0.584 bits per heavy atom. The molecule has 0 aromatic heterocycles. The van der Waals surface area contributed by atoms with Gasteiger partial charge in [-0.05, 0) is 148 Å². The van der Waals surface area contributed by atoms with Crippen molar-refractivity contribution >= 4 is 19.8 Å². The molecule has 10 heteroatoms. The highest BCUT2D eigenvalue weighted by atomic mass is 31.2. The van der Waals surface area contributed by atoms with Crippen molar-refractivity contribution in [1.82, 2.24) is 0 Å². The minimum absolute atomic E-state index is 0.0364. The van der Waals surface area contributed by atoms with Crippen LogP contribution in [0.2, 0.25) is 0 Å². The topological polar surface area (TPSA) is 134 Å². The van der Waals surface area contributed by atoms with Gasteiger partial charge in [-0.1, -0.05) is 291 Å². The van der Waals surface area contributed by atoms with E-state index in [1.807, 2.05) is 0 Å². The molecular formula is C79H124NO8P. The molecule has 9 nitrogen and oxygen atoms in total. The molecule has 0 aromatic carbocycles. The van der Waals surface area contributed by atoms with Crippen LogP contribution in [-0.2, 0) is 32.7 Å². The van der Waals surface area contributed by atoms with Gasteiger partial charge in [0.05, 0.1) is 13.2 Å². The second-order valence-electron chi connectivity index (χ2n) is 21.9. The minimum atomic E-state index is -4.42. The van der Waals surface area contributed by atoms with Gasteiger partial charge in [-0.15, -0.1) is 0 Å². The molecule has 3 N–H and O–H groups in total. The van der Waals surface area contributed by atoms with Gasteiger partial charge in [0.15, 0.2) is 6.10 Å². The van der Waals surface area contributed by atoms with Crippen molar-refractivity contribution in [2.75, 3.05) is 26.4 Å². The van der Waals surface area contributed by atoms with Gasteiger partial charge in [-0.2, -0.15) is 0 Å². The highest BCUT2D eigenvalue weighted by Gasteiger charge is 2.26. The molecule has 0 saturated heterocycles. The van der Waals surface area contributed by atoms with Crippen molar-refractivity contribution in [3.63, 3.8) is 0 Å². The van der Waals surface area contributed by atoms with Crippen LogP contribution in [0.4, 0.5) is 0 Å². The zero-order valence-corrected chi connectivity index (χ0v) is 56.7. The number of phosphoric acid groups is 1. The molecule has 0 amide bonds. The van der Waals surface area contributed by atoms with Crippen LogP contribution in [0.1, 0.15) is 245 Å². The molecule has 0 aliphatic carbocycles. The van der Waals surface area contributed by atoms with Crippen molar-refractivity contribution in [1.29, 1.82) is 0 Å². The Hall–Kier alpha value is -5.41. The number of carbonyl (C=O) groups excluding carboxylic acids is 2. The molecular weight excluding hydrogens is 1120 g/mol. The first-order valence-electron chi connectivity index (χ1n) is 34.6. The van der Waals surface area contributed by atoms with Crippen molar-refractivity contribution < 1.29 is 37.6 Å². The number of hydrogen-bond acceptors (Lipinski definition) is 8. The molecule has 0 spiro atoms. The van der Waals surface area contributed by atoms with Crippen LogP contribution in [0, 0.1) is 0 Å². The summed E-state index contributed by atoms with van der Waals surface area (Å²) in [6.07, 6.45) is 110. The maximum Gasteiger partial charge on any atom is 0.472 e. The Labute approximate surface area is 544 Å². The largest absolute Gasteiger partial charge is 0.472 e.